The second kappa shape index (κ2) is 4.16. The van der Waals surface area contributed by atoms with Crippen LogP contribution in [0.1, 0.15) is 40.0 Å². The first-order valence-electron chi connectivity index (χ1n) is 5.26. The number of carbonyl (C=O) groups is 1. The van der Waals surface area contributed by atoms with Crippen LogP contribution >= 0.6 is 0 Å². The largest absolute Gasteiger partial charge is 0.459 e. The molecule has 1 saturated carbocycles. The van der Waals surface area contributed by atoms with Crippen molar-refractivity contribution in [2.45, 2.75) is 46.1 Å². The zero-order chi connectivity index (χ0) is 10.8. The standard InChI is InChI=1S/C12H20O2/c1-5-11(13)14-10-6-9(2)7-12(3,4)8-10/h5,9-10H,1,6-8H2,2-4H3/t9?,10-/m1/s1. The van der Waals surface area contributed by atoms with Gasteiger partial charge in [-0.3, -0.25) is 0 Å². The lowest BCUT2D eigenvalue weighted by Gasteiger charge is -2.38. The van der Waals surface area contributed by atoms with E-state index in [2.05, 4.69) is 27.4 Å². The first-order valence-corrected chi connectivity index (χ1v) is 5.26. The molecule has 1 rings (SSSR count). The summed E-state index contributed by atoms with van der Waals surface area (Å²) in [6.07, 6.45) is 4.50. The third-order valence-corrected chi connectivity index (χ3v) is 2.80. The van der Waals surface area contributed by atoms with E-state index in [0.29, 0.717) is 11.3 Å². The number of hydrogen-bond donors (Lipinski definition) is 0. The molecule has 0 aromatic heterocycles. The Hall–Kier alpha value is -0.790. The van der Waals surface area contributed by atoms with E-state index in [0.717, 1.165) is 12.8 Å². The predicted molar refractivity (Wildman–Crippen MR) is 56.9 cm³/mol. The summed E-state index contributed by atoms with van der Waals surface area (Å²) in [5, 5.41) is 0. The third-order valence-electron chi connectivity index (χ3n) is 2.80. The quantitative estimate of drug-likeness (QED) is 0.501. The van der Waals surface area contributed by atoms with E-state index in [9.17, 15) is 4.79 Å². The minimum absolute atomic E-state index is 0.0826. The highest BCUT2D eigenvalue weighted by Gasteiger charge is 2.33. The van der Waals surface area contributed by atoms with Crippen molar-refractivity contribution < 1.29 is 9.53 Å². The van der Waals surface area contributed by atoms with Gasteiger partial charge in [0.25, 0.3) is 0 Å². The van der Waals surface area contributed by atoms with Crippen molar-refractivity contribution in [2.24, 2.45) is 11.3 Å². The van der Waals surface area contributed by atoms with Gasteiger partial charge in [-0.25, -0.2) is 4.79 Å². The van der Waals surface area contributed by atoms with Crippen molar-refractivity contribution in [2.75, 3.05) is 0 Å². The molecule has 0 aliphatic heterocycles. The minimum Gasteiger partial charge on any atom is -0.459 e. The SMILES string of the molecule is C=CC(=O)O[C@@H]1CC(C)CC(C)(C)C1. The highest BCUT2D eigenvalue weighted by molar-refractivity contribution is 5.81. The van der Waals surface area contributed by atoms with E-state index in [1.165, 1.54) is 12.5 Å². The fourth-order valence-corrected chi connectivity index (χ4v) is 2.56. The van der Waals surface area contributed by atoms with Crippen LogP contribution in [0.5, 0.6) is 0 Å². The van der Waals surface area contributed by atoms with Crippen LogP contribution in [0.25, 0.3) is 0 Å². The molecule has 80 valence electrons. The van der Waals surface area contributed by atoms with Gasteiger partial charge in [-0.2, -0.15) is 0 Å². The molecule has 2 nitrogen and oxygen atoms in total. The zero-order valence-corrected chi connectivity index (χ0v) is 9.38. The van der Waals surface area contributed by atoms with Crippen molar-refractivity contribution in [3.05, 3.63) is 12.7 Å². The van der Waals surface area contributed by atoms with Crippen molar-refractivity contribution in [3.8, 4) is 0 Å². The molecule has 1 fully saturated rings. The van der Waals surface area contributed by atoms with Crippen molar-refractivity contribution in [3.63, 3.8) is 0 Å². The summed E-state index contributed by atoms with van der Waals surface area (Å²) < 4.78 is 5.29. The average molecular weight is 196 g/mol. The van der Waals surface area contributed by atoms with Crippen LogP contribution in [-0.2, 0) is 9.53 Å². The molecule has 1 unspecified atom stereocenters. The van der Waals surface area contributed by atoms with Gasteiger partial charge in [0.15, 0.2) is 0 Å². The van der Waals surface area contributed by atoms with E-state index >= 15 is 0 Å². The van der Waals surface area contributed by atoms with Crippen LogP contribution in [-0.4, -0.2) is 12.1 Å². The summed E-state index contributed by atoms with van der Waals surface area (Å²) in [5.41, 5.74) is 0.295. The van der Waals surface area contributed by atoms with Gasteiger partial charge in [-0.05, 0) is 30.6 Å². The Kier molecular flexibility index (Phi) is 3.35. The molecule has 0 aromatic carbocycles. The second-order valence-electron chi connectivity index (χ2n) is 5.18. The predicted octanol–water partition coefficient (Wildman–Crippen LogP) is 2.93. The fourth-order valence-electron chi connectivity index (χ4n) is 2.56. The molecule has 0 radical (unpaired) electrons. The molecule has 0 bridgehead atoms. The Labute approximate surface area is 86.3 Å². The number of hydrogen-bond acceptors (Lipinski definition) is 2. The summed E-state index contributed by atoms with van der Waals surface area (Å²) in [7, 11) is 0. The molecule has 0 heterocycles. The number of rotatable bonds is 2. The molecule has 1 aliphatic rings. The molecule has 0 N–H and O–H groups in total. The van der Waals surface area contributed by atoms with Gasteiger partial charge in [0.05, 0.1) is 0 Å². The van der Waals surface area contributed by atoms with E-state index in [1.54, 1.807) is 0 Å². The smallest absolute Gasteiger partial charge is 0.330 e. The molecule has 2 heteroatoms. The van der Waals surface area contributed by atoms with Crippen LogP contribution in [0, 0.1) is 11.3 Å². The average Bonchev–Trinajstić information content (AvgIpc) is 1.99. The summed E-state index contributed by atoms with van der Waals surface area (Å²) in [6.45, 7) is 10.1. The Morgan fingerprint density at radius 3 is 2.64 bits per heavy atom. The molecular formula is C12H20O2. The number of esters is 1. The van der Waals surface area contributed by atoms with Gasteiger partial charge in [-0.1, -0.05) is 27.4 Å². The monoisotopic (exact) mass is 196 g/mol. The molecular weight excluding hydrogens is 176 g/mol. The summed E-state index contributed by atoms with van der Waals surface area (Å²) in [5.74, 6) is 0.348. The fraction of sp³-hybridized carbons (Fsp3) is 0.750. The highest BCUT2D eigenvalue weighted by atomic mass is 16.5. The number of ether oxygens (including phenoxy) is 1. The van der Waals surface area contributed by atoms with Crippen LogP contribution in [0.3, 0.4) is 0 Å². The Balaban J connectivity index is 2.54. The Morgan fingerprint density at radius 1 is 1.50 bits per heavy atom. The van der Waals surface area contributed by atoms with Gasteiger partial charge in [0.2, 0.25) is 0 Å². The first kappa shape index (κ1) is 11.3. The van der Waals surface area contributed by atoms with E-state index in [4.69, 9.17) is 4.74 Å². The van der Waals surface area contributed by atoms with Crippen LogP contribution in [0.4, 0.5) is 0 Å². The van der Waals surface area contributed by atoms with Crippen molar-refractivity contribution >= 4 is 5.97 Å². The van der Waals surface area contributed by atoms with Gasteiger partial charge < -0.3 is 4.74 Å². The maximum absolute atomic E-state index is 11.1. The van der Waals surface area contributed by atoms with Gasteiger partial charge in [0.1, 0.15) is 6.10 Å². The van der Waals surface area contributed by atoms with E-state index in [-0.39, 0.29) is 12.1 Å². The lowest BCUT2D eigenvalue weighted by atomic mass is 9.71. The van der Waals surface area contributed by atoms with E-state index < -0.39 is 0 Å². The summed E-state index contributed by atoms with van der Waals surface area (Å²) in [6, 6.07) is 0. The van der Waals surface area contributed by atoms with Gasteiger partial charge >= 0.3 is 5.97 Å². The topological polar surface area (TPSA) is 26.3 Å². The molecule has 0 aromatic rings. The summed E-state index contributed by atoms with van der Waals surface area (Å²) >= 11 is 0. The van der Waals surface area contributed by atoms with Gasteiger partial charge in [-0.15, -0.1) is 0 Å². The molecule has 1 aliphatic carbocycles. The molecule has 0 saturated heterocycles. The number of carbonyl (C=O) groups excluding carboxylic acids is 1. The molecule has 0 amide bonds. The van der Waals surface area contributed by atoms with Crippen molar-refractivity contribution in [1.82, 2.24) is 0 Å². The summed E-state index contributed by atoms with van der Waals surface area (Å²) in [4.78, 5) is 11.1. The third kappa shape index (κ3) is 3.17. The van der Waals surface area contributed by atoms with E-state index in [1.807, 2.05) is 0 Å². The first-order chi connectivity index (χ1) is 6.43. The van der Waals surface area contributed by atoms with Crippen LogP contribution in [0.15, 0.2) is 12.7 Å². The second-order valence-corrected chi connectivity index (χ2v) is 5.18. The highest BCUT2D eigenvalue weighted by Crippen LogP contribution is 2.39. The normalized spacial score (nSPS) is 30.8. The Bertz CT molecular complexity index is 230. The van der Waals surface area contributed by atoms with Crippen LogP contribution < -0.4 is 0 Å². The lowest BCUT2D eigenvalue weighted by Crippen LogP contribution is -2.33. The maximum atomic E-state index is 11.1. The van der Waals surface area contributed by atoms with Crippen molar-refractivity contribution in [1.29, 1.82) is 0 Å². The molecule has 0 spiro atoms. The van der Waals surface area contributed by atoms with Crippen LogP contribution in [0.2, 0.25) is 0 Å². The minimum atomic E-state index is -0.292. The van der Waals surface area contributed by atoms with Gasteiger partial charge in [0, 0.05) is 6.08 Å². The zero-order valence-electron chi connectivity index (χ0n) is 9.38. The maximum Gasteiger partial charge on any atom is 0.330 e. The Morgan fingerprint density at radius 2 is 2.14 bits per heavy atom. The lowest BCUT2D eigenvalue weighted by molar-refractivity contribution is -0.147. The molecule has 2 atom stereocenters. The molecule has 14 heavy (non-hydrogen) atoms.